The van der Waals surface area contributed by atoms with Crippen LogP contribution in [0.15, 0.2) is 23.1 Å². The number of hydrogen-bond acceptors (Lipinski definition) is 6. The maximum atomic E-state index is 12.6. The molecule has 1 atom stereocenters. The molecule has 0 saturated carbocycles. The molecule has 0 radical (unpaired) electrons. The third-order valence-corrected chi connectivity index (χ3v) is 5.52. The van der Waals surface area contributed by atoms with Crippen LogP contribution in [-0.2, 0) is 24.8 Å². The SMILES string of the molecule is Cc1ccc(C(=O)N[C@@H]2CCCN(c3ncc4c(n3)CCOC4)C2)c(=O)n1C. The highest BCUT2D eigenvalue weighted by Gasteiger charge is 2.25. The molecular weight excluding hydrogens is 358 g/mol. The summed E-state index contributed by atoms with van der Waals surface area (Å²) in [5, 5.41) is 3.02. The predicted octanol–water partition coefficient (Wildman–Crippen LogP) is 0.955. The fraction of sp³-hybridized carbons (Fsp3) is 0.500. The fourth-order valence-corrected chi connectivity index (χ4v) is 3.71. The van der Waals surface area contributed by atoms with Crippen LogP contribution in [0.1, 0.15) is 40.2 Å². The van der Waals surface area contributed by atoms with Crippen molar-refractivity contribution in [2.24, 2.45) is 7.05 Å². The molecule has 0 unspecified atom stereocenters. The predicted molar refractivity (Wildman–Crippen MR) is 105 cm³/mol. The average molecular weight is 383 g/mol. The number of anilines is 1. The van der Waals surface area contributed by atoms with Gasteiger partial charge in [0.1, 0.15) is 5.56 Å². The number of pyridine rings is 1. The zero-order valence-electron chi connectivity index (χ0n) is 16.3. The third kappa shape index (κ3) is 3.64. The smallest absolute Gasteiger partial charge is 0.263 e. The summed E-state index contributed by atoms with van der Waals surface area (Å²) < 4.78 is 6.93. The molecule has 4 heterocycles. The number of carbonyl (C=O) groups is 1. The molecular formula is C20H25N5O3. The van der Waals surface area contributed by atoms with Crippen molar-refractivity contribution < 1.29 is 9.53 Å². The van der Waals surface area contributed by atoms with Gasteiger partial charge in [-0.1, -0.05) is 0 Å². The molecule has 4 rings (SSSR count). The number of rotatable bonds is 3. The summed E-state index contributed by atoms with van der Waals surface area (Å²) in [5.41, 5.74) is 2.82. The molecule has 148 valence electrons. The summed E-state index contributed by atoms with van der Waals surface area (Å²) in [6.45, 7) is 4.58. The number of aryl methyl sites for hydroxylation is 1. The number of ether oxygens (including phenoxy) is 1. The highest BCUT2D eigenvalue weighted by Crippen LogP contribution is 2.20. The summed E-state index contributed by atoms with van der Waals surface area (Å²) in [6.07, 6.45) is 4.44. The van der Waals surface area contributed by atoms with E-state index in [4.69, 9.17) is 9.72 Å². The van der Waals surface area contributed by atoms with Gasteiger partial charge in [-0.3, -0.25) is 9.59 Å². The molecule has 2 aromatic rings. The minimum Gasteiger partial charge on any atom is -0.376 e. The van der Waals surface area contributed by atoms with E-state index in [1.165, 1.54) is 4.57 Å². The molecule has 0 aromatic carbocycles. The van der Waals surface area contributed by atoms with E-state index in [1.54, 1.807) is 19.2 Å². The Bertz CT molecular complexity index is 955. The molecule has 2 aliphatic rings. The normalized spacial score (nSPS) is 19.2. The lowest BCUT2D eigenvalue weighted by atomic mass is 10.1. The van der Waals surface area contributed by atoms with Crippen LogP contribution in [0.3, 0.4) is 0 Å². The van der Waals surface area contributed by atoms with Gasteiger partial charge in [-0.15, -0.1) is 0 Å². The summed E-state index contributed by atoms with van der Waals surface area (Å²) >= 11 is 0. The van der Waals surface area contributed by atoms with Gasteiger partial charge in [0.05, 0.1) is 18.9 Å². The minimum absolute atomic E-state index is 0.0461. The van der Waals surface area contributed by atoms with E-state index >= 15 is 0 Å². The number of piperidine rings is 1. The van der Waals surface area contributed by atoms with Crippen molar-refractivity contribution in [2.45, 2.75) is 38.8 Å². The van der Waals surface area contributed by atoms with Gasteiger partial charge < -0.3 is 19.5 Å². The molecule has 0 spiro atoms. The van der Waals surface area contributed by atoms with Crippen molar-refractivity contribution in [1.82, 2.24) is 19.9 Å². The topological polar surface area (TPSA) is 89.4 Å². The van der Waals surface area contributed by atoms with Gasteiger partial charge in [-0.25, -0.2) is 9.97 Å². The van der Waals surface area contributed by atoms with Gasteiger partial charge in [0.15, 0.2) is 0 Å². The van der Waals surface area contributed by atoms with E-state index in [1.807, 2.05) is 13.1 Å². The standard InChI is InChI=1S/C20H25N5O3/c1-13-5-6-16(19(27)24(13)2)18(26)22-15-4-3-8-25(11-15)20-21-10-14-12-28-9-7-17(14)23-20/h5-6,10,15H,3-4,7-9,11-12H2,1-2H3,(H,22,26)/t15-/m1/s1. The van der Waals surface area contributed by atoms with Crippen LogP contribution in [0.25, 0.3) is 0 Å². The zero-order valence-corrected chi connectivity index (χ0v) is 16.3. The van der Waals surface area contributed by atoms with Crippen LogP contribution in [0.4, 0.5) is 5.95 Å². The Morgan fingerprint density at radius 2 is 2.21 bits per heavy atom. The second-order valence-electron chi connectivity index (χ2n) is 7.46. The first-order chi connectivity index (χ1) is 13.5. The lowest BCUT2D eigenvalue weighted by Gasteiger charge is -2.33. The molecule has 1 amide bonds. The van der Waals surface area contributed by atoms with E-state index in [-0.39, 0.29) is 23.1 Å². The van der Waals surface area contributed by atoms with Crippen LogP contribution >= 0.6 is 0 Å². The van der Waals surface area contributed by atoms with E-state index in [2.05, 4.69) is 15.2 Å². The van der Waals surface area contributed by atoms with Gasteiger partial charge in [0, 0.05) is 50.1 Å². The van der Waals surface area contributed by atoms with Crippen LogP contribution in [0, 0.1) is 6.92 Å². The molecule has 28 heavy (non-hydrogen) atoms. The Kier molecular flexibility index (Phi) is 5.13. The minimum atomic E-state index is -0.323. The fourth-order valence-electron chi connectivity index (χ4n) is 3.71. The molecule has 2 aromatic heterocycles. The summed E-state index contributed by atoms with van der Waals surface area (Å²) in [6, 6.07) is 3.34. The Hall–Kier alpha value is -2.74. The molecule has 2 aliphatic heterocycles. The van der Waals surface area contributed by atoms with Crippen LogP contribution in [0.5, 0.6) is 0 Å². The number of fused-ring (bicyclic) bond motifs is 1. The second kappa shape index (κ2) is 7.71. The van der Waals surface area contributed by atoms with E-state index < -0.39 is 0 Å². The van der Waals surface area contributed by atoms with Crippen molar-refractivity contribution in [1.29, 1.82) is 0 Å². The monoisotopic (exact) mass is 383 g/mol. The Labute approximate surface area is 163 Å². The highest BCUT2D eigenvalue weighted by molar-refractivity contribution is 5.94. The van der Waals surface area contributed by atoms with Crippen molar-refractivity contribution >= 4 is 11.9 Å². The number of carbonyl (C=O) groups excluding carboxylic acids is 1. The quantitative estimate of drug-likeness (QED) is 0.849. The van der Waals surface area contributed by atoms with Crippen LogP contribution in [-0.4, -0.2) is 46.2 Å². The highest BCUT2D eigenvalue weighted by atomic mass is 16.5. The van der Waals surface area contributed by atoms with Crippen LogP contribution < -0.4 is 15.8 Å². The maximum Gasteiger partial charge on any atom is 0.263 e. The van der Waals surface area contributed by atoms with Gasteiger partial charge in [0.2, 0.25) is 5.95 Å². The zero-order chi connectivity index (χ0) is 19.7. The van der Waals surface area contributed by atoms with E-state index in [0.29, 0.717) is 25.7 Å². The van der Waals surface area contributed by atoms with Crippen molar-refractivity contribution in [3.63, 3.8) is 0 Å². The number of hydrogen-bond donors (Lipinski definition) is 1. The van der Waals surface area contributed by atoms with Crippen molar-refractivity contribution in [3.8, 4) is 0 Å². The number of aromatic nitrogens is 3. The van der Waals surface area contributed by atoms with Crippen LogP contribution in [0.2, 0.25) is 0 Å². The number of amides is 1. The molecule has 1 fully saturated rings. The molecule has 1 saturated heterocycles. The lowest BCUT2D eigenvalue weighted by Crippen LogP contribution is -2.49. The van der Waals surface area contributed by atoms with Gasteiger partial charge >= 0.3 is 0 Å². The van der Waals surface area contributed by atoms with Crippen molar-refractivity contribution in [3.05, 3.63) is 51.2 Å². The molecule has 8 heteroatoms. The summed E-state index contributed by atoms with van der Waals surface area (Å²) in [5.74, 6) is 0.377. The first kappa shape index (κ1) is 18.6. The van der Waals surface area contributed by atoms with Crippen molar-refractivity contribution in [2.75, 3.05) is 24.6 Å². The maximum absolute atomic E-state index is 12.6. The third-order valence-electron chi connectivity index (χ3n) is 5.52. The molecule has 1 N–H and O–H groups in total. The molecule has 0 aliphatic carbocycles. The largest absolute Gasteiger partial charge is 0.376 e. The summed E-state index contributed by atoms with van der Waals surface area (Å²) in [4.78, 5) is 36.3. The Morgan fingerprint density at radius 1 is 1.36 bits per heavy atom. The molecule has 0 bridgehead atoms. The van der Waals surface area contributed by atoms with Gasteiger partial charge in [0.25, 0.3) is 11.5 Å². The van der Waals surface area contributed by atoms with E-state index in [0.717, 1.165) is 42.8 Å². The molecule has 8 nitrogen and oxygen atoms in total. The second-order valence-corrected chi connectivity index (χ2v) is 7.46. The summed E-state index contributed by atoms with van der Waals surface area (Å²) in [7, 11) is 1.68. The number of nitrogens with one attached hydrogen (secondary N) is 1. The van der Waals surface area contributed by atoms with E-state index in [9.17, 15) is 9.59 Å². The Balaban J connectivity index is 1.46. The first-order valence-corrected chi connectivity index (χ1v) is 9.68. The first-order valence-electron chi connectivity index (χ1n) is 9.68. The number of nitrogens with zero attached hydrogens (tertiary/aromatic N) is 4. The average Bonchev–Trinajstić information content (AvgIpc) is 2.72. The lowest BCUT2D eigenvalue weighted by molar-refractivity contribution is 0.0930. The van der Waals surface area contributed by atoms with Gasteiger partial charge in [-0.2, -0.15) is 0 Å². The Morgan fingerprint density at radius 3 is 3.07 bits per heavy atom. The van der Waals surface area contributed by atoms with Gasteiger partial charge in [-0.05, 0) is 31.9 Å².